The van der Waals surface area contributed by atoms with Crippen molar-refractivity contribution < 1.29 is 14.3 Å². The van der Waals surface area contributed by atoms with Crippen LogP contribution in [0, 0.1) is 0 Å². The van der Waals surface area contributed by atoms with Crippen molar-refractivity contribution in [2.24, 2.45) is 0 Å². The second-order valence-electron chi connectivity index (χ2n) is 3.85. The fourth-order valence-corrected chi connectivity index (χ4v) is 2.02. The quantitative estimate of drug-likeness (QED) is 0.855. The minimum atomic E-state index is -1.08. The molecule has 1 aromatic heterocycles. The Kier molecular flexibility index (Phi) is 2.11. The zero-order valence-corrected chi connectivity index (χ0v) is 8.96. The molecular formula is C12H10N2O3. The molecule has 1 aromatic carbocycles. The average molecular weight is 230 g/mol. The maximum Gasteiger partial charge on any atom is 0.357 e. The van der Waals surface area contributed by atoms with Crippen LogP contribution in [0.1, 0.15) is 16.1 Å². The number of aromatic carboxylic acids is 1. The lowest BCUT2D eigenvalue weighted by atomic mass is 10.2. The number of fused-ring (bicyclic) bond motifs is 1. The summed E-state index contributed by atoms with van der Waals surface area (Å²) in [5.74, 6) is -1.08. The summed E-state index contributed by atoms with van der Waals surface area (Å²) in [6.07, 6.45) is 2.08. The number of para-hydroxylation sites is 1. The summed E-state index contributed by atoms with van der Waals surface area (Å²) in [6, 6.07) is 8.30. The number of carboxylic acids is 1. The van der Waals surface area contributed by atoms with E-state index in [1.54, 1.807) is 0 Å². The summed E-state index contributed by atoms with van der Waals surface area (Å²) in [4.78, 5) is 16.6. The number of hydrogen-bond donors (Lipinski definition) is 1. The molecule has 0 saturated carbocycles. The molecular weight excluding hydrogens is 220 g/mol. The van der Waals surface area contributed by atoms with Crippen molar-refractivity contribution in [2.45, 2.75) is 6.42 Å². The van der Waals surface area contributed by atoms with Crippen LogP contribution in [0.5, 0.6) is 0 Å². The number of hydrogen-bond acceptors (Lipinski definition) is 4. The smallest absolute Gasteiger partial charge is 0.357 e. The van der Waals surface area contributed by atoms with Gasteiger partial charge in [0.25, 0.3) is 0 Å². The fraction of sp³-hybridized carbons (Fsp3) is 0.167. The molecule has 0 spiro atoms. The maximum absolute atomic E-state index is 10.7. The van der Waals surface area contributed by atoms with Crippen molar-refractivity contribution in [1.82, 2.24) is 4.98 Å². The van der Waals surface area contributed by atoms with Gasteiger partial charge in [0.05, 0.1) is 0 Å². The Morgan fingerprint density at radius 3 is 3.00 bits per heavy atom. The monoisotopic (exact) mass is 230 g/mol. The molecule has 0 aliphatic carbocycles. The van der Waals surface area contributed by atoms with E-state index in [1.165, 1.54) is 11.8 Å². The van der Waals surface area contributed by atoms with Gasteiger partial charge in [-0.15, -0.1) is 0 Å². The van der Waals surface area contributed by atoms with Crippen LogP contribution >= 0.6 is 0 Å². The first kappa shape index (κ1) is 9.89. The zero-order chi connectivity index (χ0) is 11.8. The Morgan fingerprint density at radius 1 is 1.41 bits per heavy atom. The second-order valence-corrected chi connectivity index (χ2v) is 3.85. The normalized spacial score (nSPS) is 13.8. The molecule has 0 atom stereocenters. The van der Waals surface area contributed by atoms with Crippen LogP contribution in [0.2, 0.25) is 0 Å². The van der Waals surface area contributed by atoms with Gasteiger partial charge in [0.2, 0.25) is 0 Å². The van der Waals surface area contributed by atoms with Crippen LogP contribution in [-0.4, -0.2) is 22.6 Å². The highest BCUT2D eigenvalue weighted by Crippen LogP contribution is 2.33. The molecule has 17 heavy (non-hydrogen) atoms. The molecule has 1 aliphatic rings. The largest absolute Gasteiger partial charge is 0.476 e. The van der Waals surface area contributed by atoms with Crippen molar-refractivity contribution in [3.8, 4) is 0 Å². The van der Waals surface area contributed by atoms with Crippen LogP contribution < -0.4 is 4.90 Å². The molecule has 0 amide bonds. The molecule has 5 nitrogen and oxygen atoms in total. The molecule has 1 aliphatic heterocycles. The second kappa shape index (κ2) is 3.62. The Bertz CT molecular complexity index is 577. The first-order chi connectivity index (χ1) is 8.25. The van der Waals surface area contributed by atoms with Gasteiger partial charge in [-0.3, -0.25) is 4.90 Å². The lowest BCUT2D eigenvalue weighted by Gasteiger charge is -2.13. The molecule has 2 heterocycles. The van der Waals surface area contributed by atoms with Gasteiger partial charge in [0.1, 0.15) is 6.26 Å². The molecule has 0 radical (unpaired) electrons. The summed E-state index contributed by atoms with van der Waals surface area (Å²) in [6.45, 7) is 0.763. The number of carbonyl (C=O) groups is 1. The first-order valence-corrected chi connectivity index (χ1v) is 5.30. The highest BCUT2D eigenvalue weighted by Gasteiger charge is 2.24. The lowest BCUT2D eigenvalue weighted by molar-refractivity contribution is 0.0690. The minimum Gasteiger partial charge on any atom is -0.476 e. The molecule has 1 N–H and O–H groups in total. The number of oxazole rings is 1. The van der Waals surface area contributed by atoms with Gasteiger partial charge in [0, 0.05) is 12.2 Å². The van der Waals surface area contributed by atoms with E-state index in [-0.39, 0.29) is 5.69 Å². The minimum absolute atomic E-state index is 0.0654. The Hall–Kier alpha value is -2.30. The number of rotatable bonds is 2. The van der Waals surface area contributed by atoms with Crippen molar-refractivity contribution in [3.05, 3.63) is 41.8 Å². The number of aromatic nitrogens is 1. The summed E-state index contributed by atoms with van der Waals surface area (Å²) in [5, 5.41) is 8.80. The predicted molar refractivity (Wildman–Crippen MR) is 60.6 cm³/mol. The van der Waals surface area contributed by atoms with Gasteiger partial charge in [-0.1, -0.05) is 18.2 Å². The number of anilines is 2. The molecule has 0 bridgehead atoms. The summed E-state index contributed by atoms with van der Waals surface area (Å²) in [5.41, 5.74) is 2.19. The zero-order valence-electron chi connectivity index (χ0n) is 8.96. The number of nitrogens with zero attached hydrogens (tertiary/aromatic N) is 2. The topological polar surface area (TPSA) is 66.6 Å². The Morgan fingerprint density at radius 2 is 2.24 bits per heavy atom. The molecule has 5 heteroatoms. The Balaban J connectivity index is 1.98. The fourth-order valence-electron chi connectivity index (χ4n) is 2.02. The van der Waals surface area contributed by atoms with Crippen LogP contribution in [-0.2, 0) is 6.42 Å². The van der Waals surface area contributed by atoms with Crippen LogP contribution in [0.3, 0.4) is 0 Å². The predicted octanol–water partition coefficient (Wildman–Crippen LogP) is 2.07. The van der Waals surface area contributed by atoms with Gasteiger partial charge in [0.15, 0.2) is 5.69 Å². The van der Waals surface area contributed by atoms with E-state index in [0.717, 1.165) is 18.7 Å². The molecule has 0 saturated heterocycles. The third-order valence-corrected chi connectivity index (χ3v) is 2.83. The molecule has 86 valence electrons. The summed E-state index contributed by atoms with van der Waals surface area (Å²) >= 11 is 0. The van der Waals surface area contributed by atoms with Crippen molar-refractivity contribution in [3.63, 3.8) is 0 Å². The Labute approximate surface area is 97.3 Å². The van der Waals surface area contributed by atoms with Crippen molar-refractivity contribution in [2.75, 3.05) is 11.4 Å². The molecule has 3 rings (SSSR count). The summed E-state index contributed by atoms with van der Waals surface area (Å²) in [7, 11) is 0. The standard InChI is InChI=1S/C12H10N2O3/c15-11(16)9-7-17-12(13-9)14-6-5-8-3-1-2-4-10(8)14/h1-4,7H,5-6H2,(H,15,16). The maximum atomic E-state index is 10.7. The van der Waals surface area contributed by atoms with Gasteiger partial charge in [-0.2, -0.15) is 4.98 Å². The van der Waals surface area contributed by atoms with Gasteiger partial charge >= 0.3 is 12.0 Å². The van der Waals surface area contributed by atoms with E-state index in [1.807, 2.05) is 23.1 Å². The highest BCUT2D eigenvalue weighted by molar-refractivity contribution is 5.85. The van der Waals surface area contributed by atoms with E-state index in [9.17, 15) is 4.79 Å². The third-order valence-electron chi connectivity index (χ3n) is 2.83. The van der Waals surface area contributed by atoms with E-state index in [4.69, 9.17) is 9.52 Å². The van der Waals surface area contributed by atoms with Gasteiger partial charge in [-0.05, 0) is 18.1 Å². The molecule has 2 aromatic rings. The average Bonchev–Trinajstić information content (AvgIpc) is 2.95. The van der Waals surface area contributed by atoms with Gasteiger partial charge < -0.3 is 9.52 Å². The van der Waals surface area contributed by atoms with E-state index in [2.05, 4.69) is 11.1 Å². The van der Waals surface area contributed by atoms with Crippen LogP contribution in [0.4, 0.5) is 11.7 Å². The number of benzene rings is 1. The number of carboxylic acid groups (broad SMARTS) is 1. The van der Waals surface area contributed by atoms with Crippen LogP contribution in [0.25, 0.3) is 0 Å². The summed E-state index contributed by atoms with van der Waals surface area (Å²) < 4.78 is 5.20. The van der Waals surface area contributed by atoms with Crippen molar-refractivity contribution >= 4 is 17.7 Å². The van der Waals surface area contributed by atoms with E-state index >= 15 is 0 Å². The van der Waals surface area contributed by atoms with Gasteiger partial charge in [-0.25, -0.2) is 4.79 Å². The van der Waals surface area contributed by atoms with Crippen LogP contribution in [0.15, 0.2) is 34.9 Å². The van der Waals surface area contributed by atoms with E-state index < -0.39 is 5.97 Å². The highest BCUT2D eigenvalue weighted by atomic mass is 16.4. The SMILES string of the molecule is O=C(O)c1coc(N2CCc3ccccc32)n1. The first-order valence-electron chi connectivity index (χ1n) is 5.30. The molecule has 0 unspecified atom stereocenters. The molecule has 0 fully saturated rings. The van der Waals surface area contributed by atoms with Crippen molar-refractivity contribution in [1.29, 1.82) is 0 Å². The van der Waals surface area contributed by atoms with E-state index in [0.29, 0.717) is 6.01 Å². The third kappa shape index (κ3) is 1.56. The lowest BCUT2D eigenvalue weighted by Crippen LogP contribution is -2.13.